The summed E-state index contributed by atoms with van der Waals surface area (Å²) < 4.78 is 13.2. The minimum absolute atomic E-state index is 0.150. The summed E-state index contributed by atoms with van der Waals surface area (Å²) in [7, 11) is 0. The molecule has 0 aliphatic carbocycles. The molecule has 0 saturated carbocycles. The lowest BCUT2D eigenvalue weighted by atomic mass is 9.96. The van der Waals surface area contributed by atoms with Crippen LogP contribution in [0.5, 0.6) is 0 Å². The lowest BCUT2D eigenvalue weighted by Crippen LogP contribution is -2.39. The van der Waals surface area contributed by atoms with Gasteiger partial charge in [-0.2, -0.15) is 0 Å². The molecule has 39 heavy (non-hydrogen) atoms. The molecule has 0 radical (unpaired) electrons. The van der Waals surface area contributed by atoms with E-state index in [2.05, 4.69) is 4.99 Å². The maximum Gasteiger partial charge on any atom is 0.338 e. The Hall–Kier alpha value is -4.15. The molecule has 5 rings (SSSR count). The number of carbonyl (C=O) groups excluding carboxylic acids is 1. The minimum atomic E-state index is -1.03. The van der Waals surface area contributed by atoms with Gasteiger partial charge in [0.1, 0.15) is 11.5 Å². The van der Waals surface area contributed by atoms with Gasteiger partial charge in [0.15, 0.2) is 4.80 Å². The normalized spacial score (nSPS) is 15.2. The maximum absolute atomic E-state index is 13.8. The second-order valence-electron chi connectivity index (χ2n) is 8.66. The first kappa shape index (κ1) is 26.5. The summed E-state index contributed by atoms with van der Waals surface area (Å²) in [6.45, 7) is 3.69. The van der Waals surface area contributed by atoms with E-state index in [9.17, 15) is 19.5 Å². The van der Waals surface area contributed by atoms with Crippen molar-refractivity contribution in [1.82, 2.24) is 4.57 Å². The number of fused-ring (bicyclic) bond motifs is 1. The summed E-state index contributed by atoms with van der Waals surface area (Å²) >= 11 is 2.81. The van der Waals surface area contributed by atoms with Crippen molar-refractivity contribution < 1.29 is 23.8 Å². The second-order valence-corrected chi connectivity index (χ2v) is 10.6. The summed E-state index contributed by atoms with van der Waals surface area (Å²) in [5.41, 5.74) is 2.05. The van der Waals surface area contributed by atoms with E-state index in [1.807, 2.05) is 30.5 Å². The fourth-order valence-corrected chi connectivity index (χ4v) is 5.85. The number of aromatic carboxylic acids is 1. The van der Waals surface area contributed by atoms with Gasteiger partial charge in [0.25, 0.3) is 5.56 Å². The first-order valence-corrected chi connectivity index (χ1v) is 14.1. The summed E-state index contributed by atoms with van der Waals surface area (Å²) in [4.78, 5) is 44.2. The molecule has 1 atom stereocenters. The van der Waals surface area contributed by atoms with Crippen LogP contribution in [0.2, 0.25) is 0 Å². The standard InChI is InChI=1S/C29H24N2O6S2/c1-4-36-28(35)24-16(2)30-29-31(25(24)17-8-11-21(38-3)12-9-17)26(32)23(39-29)15-20-10-13-22(37-20)18-6-5-7-19(14-18)27(33)34/h5-15,25H,4H2,1-3H3,(H,33,34)/b23-15-/t25-/m0/s1. The van der Waals surface area contributed by atoms with Crippen LogP contribution in [-0.2, 0) is 9.53 Å². The first-order chi connectivity index (χ1) is 18.8. The molecule has 1 N–H and O–H groups in total. The molecule has 2 aromatic heterocycles. The smallest absolute Gasteiger partial charge is 0.338 e. The molecular weight excluding hydrogens is 536 g/mol. The highest BCUT2D eigenvalue weighted by molar-refractivity contribution is 7.98. The molecule has 0 fully saturated rings. The zero-order valence-electron chi connectivity index (χ0n) is 21.3. The van der Waals surface area contributed by atoms with Gasteiger partial charge < -0.3 is 14.3 Å². The van der Waals surface area contributed by atoms with Gasteiger partial charge in [0.2, 0.25) is 0 Å². The van der Waals surface area contributed by atoms with Crippen LogP contribution in [0.1, 0.15) is 41.6 Å². The predicted molar refractivity (Wildman–Crippen MR) is 150 cm³/mol. The van der Waals surface area contributed by atoms with Crippen LogP contribution in [0.4, 0.5) is 0 Å². The first-order valence-electron chi connectivity index (χ1n) is 12.1. The van der Waals surface area contributed by atoms with Gasteiger partial charge in [0.05, 0.1) is 34.0 Å². The number of allylic oxidation sites excluding steroid dienone is 1. The number of esters is 1. The molecule has 2 aromatic carbocycles. The molecule has 1 aliphatic rings. The molecule has 0 bridgehead atoms. The average Bonchev–Trinajstić information content (AvgIpc) is 3.52. The van der Waals surface area contributed by atoms with Crippen molar-refractivity contribution in [2.45, 2.75) is 24.8 Å². The zero-order valence-corrected chi connectivity index (χ0v) is 23.0. The van der Waals surface area contributed by atoms with Crippen molar-refractivity contribution in [1.29, 1.82) is 0 Å². The topological polar surface area (TPSA) is 111 Å². The third kappa shape index (κ3) is 5.13. The summed E-state index contributed by atoms with van der Waals surface area (Å²) in [6, 6.07) is 16.9. The van der Waals surface area contributed by atoms with E-state index < -0.39 is 18.0 Å². The van der Waals surface area contributed by atoms with Crippen molar-refractivity contribution >= 4 is 41.1 Å². The Balaban J connectivity index is 1.61. The molecule has 0 saturated heterocycles. The van der Waals surface area contributed by atoms with Crippen molar-refractivity contribution in [2.75, 3.05) is 12.9 Å². The van der Waals surface area contributed by atoms with Gasteiger partial charge >= 0.3 is 11.9 Å². The molecule has 4 aromatic rings. The largest absolute Gasteiger partial charge is 0.478 e. The zero-order chi connectivity index (χ0) is 27.7. The third-order valence-electron chi connectivity index (χ3n) is 6.24. The number of carboxylic acids is 1. The molecule has 0 spiro atoms. The molecule has 8 nitrogen and oxygen atoms in total. The van der Waals surface area contributed by atoms with Gasteiger partial charge in [-0.25, -0.2) is 14.6 Å². The summed E-state index contributed by atoms with van der Waals surface area (Å²) in [5.74, 6) is -0.631. The summed E-state index contributed by atoms with van der Waals surface area (Å²) in [5, 5.41) is 9.28. The Kier molecular flexibility index (Phi) is 7.40. The molecule has 0 unspecified atom stereocenters. The van der Waals surface area contributed by atoms with E-state index in [1.165, 1.54) is 28.0 Å². The quantitative estimate of drug-likeness (QED) is 0.262. The van der Waals surface area contributed by atoms with Gasteiger partial charge in [0, 0.05) is 16.5 Å². The van der Waals surface area contributed by atoms with Crippen LogP contribution >= 0.6 is 23.1 Å². The Morgan fingerprint density at radius 3 is 2.64 bits per heavy atom. The third-order valence-corrected chi connectivity index (χ3v) is 7.97. The fourth-order valence-electron chi connectivity index (χ4n) is 4.41. The number of furan rings is 1. The highest BCUT2D eigenvalue weighted by Crippen LogP contribution is 2.32. The lowest BCUT2D eigenvalue weighted by molar-refractivity contribution is -0.139. The van der Waals surface area contributed by atoms with E-state index >= 15 is 0 Å². The number of ether oxygens (including phenoxy) is 1. The van der Waals surface area contributed by atoms with Gasteiger partial charge in [-0.1, -0.05) is 35.6 Å². The maximum atomic E-state index is 13.8. The van der Waals surface area contributed by atoms with Crippen LogP contribution in [0.3, 0.4) is 0 Å². The number of nitrogens with zero attached hydrogens (tertiary/aromatic N) is 2. The van der Waals surface area contributed by atoms with E-state index in [0.29, 0.717) is 37.7 Å². The number of hydrogen-bond donors (Lipinski definition) is 1. The number of thioether (sulfide) groups is 1. The SMILES string of the molecule is CCOC(=O)C1=C(C)N=c2s/c(=C\c3ccc(-c4cccc(C(=O)O)c4)o3)c(=O)n2[C@H]1c1ccc(SC)cc1. The van der Waals surface area contributed by atoms with E-state index in [0.717, 1.165) is 10.5 Å². The van der Waals surface area contributed by atoms with Crippen molar-refractivity contribution in [3.05, 3.63) is 109 Å². The number of hydrogen-bond acceptors (Lipinski definition) is 8. The lowest BCUT2D eigenvalue weighted by Gasteiger charge is -2.24. The van der Waals surface area contributed by atoms with Crippen LogP contribution in [0, 0.1) is 0 Å². The Morgan fingerprint density at radius 2 is 1.95 bits per heavy atom. The fraction of sp³-hybridized carbons (Fsp3) is 0.172. The Bertz CT molecular complexity index is 1790. The number of benzene rings is 2. The van der Waals surface area contributed by atoms with Crippen molar-refractivity contribution in [3.8, 4) is 11.3 Å². The second kappa shape index (κ2) is 10.9. The number of carboxylic acid groups (broad SMARTS) is 1. The van der Waals surface area contributed by atoms with Crippen LogP contribution in [-0.4, -0.2) is 34.5 Å². The summed E-state index contributed by atoms with van der Waals surface area (Å²) in [6.07, 6.45) is 3.61. The van der Waals surface area contributed by atoms with Gasteiger partial charge in [-0.05, 0) is 62.1 Å². The van der Waals surface area contributed by atoms with Crippen molar-refractivity contribution in [3.63, 3.8) is 0 Å². The molecule has 3 heterocycles. The number of thiazole rings is 1. The van der Waals surface area contributed by atoms with Crippen LogP contribution in [0.25, 0.3) is 17.4 Å². The van der Waals surface area contributed by atoms with Crippen LogP contribution < -0.4 is 14.9 Å². The highest BCUT2D eigenvalue weighted by atomic mass is 32.2. The van der Waals surface area contributed by atoms with E-state index in [4.69, 9.17) is 9.15 Å². The van der Waals surface area contributed by atoms with Crippen LogP contribution in [0.15, 0.2) is 91.0 Å². The number of carbonyl (C=O) groups is 2. The number of rotatable bonds is 7. The monoisotopic (exact) mass is 560 g/mol. The Morgan fingerprint density at radius 1 is 1.18 bits per heavy atom. The van der Waals surface area contributed by atoms with Gasteiger partial charge in [-0.15, -0.1) is 11.8 Å². The van der Waals surface area contributed by atoms with Crippen molar-refractivity contribution in [2.24, 2.45) is 4.99 Å². The molecule has 0 amide bonds. The molecule has 10 heteroatoms. The molecule has 198 valence electrons. The molecule has 1 aliphatic heterocycles. The minimum Gasteiger partial charge on any atom is -0.478 e. The van der Waals surface area contributed by atoms with E-state index in [-0.39, 0.29) is 17.7 Å². The van der Waals surface area contributed by atoms with E-state index in [1.54, 1.807) is 56.0 Å². The van der Waals surface area contributed by atoms with Gasteiger partial charge in [-0.3, -0.25) is 9.36 Å². The highest BCUT2D eigenvalue weighted by Gasteiger charge is 2.33. The molecular formula is C29H24N2O6S2. The predicted octanol–water partition coefficient (Wildman–Crippen LogP) is 4.48. The average molecular weight is 561 g/mol. The number of aromatic nitrogens is 1. The Labute approximate surface area is 231 Å².